The average molecular weight is 357 g/mol. The summed E-state index contributed by atoms with van der Waals surface area (Å²) in [5.74, 6) is -0.0444. The number of hydrogen-bond acceptors (Lipinski definition) is 6. The number of fused-ring (bicyclic) bond motifs is 1. The van der Waals surface area contributed by atoms with E-state index in [1.165, 1.54) is 13.0 Å². The summed E-state index contributed by atoms with van der Waals surface area (Å²) in [6, 6.07) is 10.1. The Bertz CT molecular complexity index is 848. The van der Waals surface area contributed by atoms with Crippen LogP contribution in [0.25, 0.3) is 0 Å². The van der Waals surface area contributed by atoms with Gasteiger partial charge in [0.25, 0.3) is 5.91 Å². The number of hydrogen-bond donors (Lipinski definition) is 2. The molecule has 0 aliphatic carbocycles. The van der Waals surface area contributed by atoms with Crippen molar-refractivity contribution in [2.24, 2.45) is 0 Å². The fraction of sp³-hybridized carbons (Fsp3) is 0.263. The molecule has 0 bridgehead atoms. The summed E-state index contributed by atoms with van der Waals surface area (Å²) >= 11 is 0. The molecule has 2 N–H and O–H groups in total. The molecule has 1 aliphatic rings. The summed E-state index contributed by atoms with van der Waals surface area (Å²) < 4.78 is 15.7. The van der Waals surface area contributed by atoms with E-state index in [2.05, 4.69) is 5.32 Å². The van der Waals surface area contributed by atoms with Gasteiger partial charge in [-0.05, 0) is 43.2 Å². The van der Waals surface area contributed by atoms with Crippen LogP contribution in [-0.4, -0.2) is 29.9 Å². The molecule has 1 atom stereocenters. The third-order valence-corrected chi connectivity index (χ3v) is 4.01. The molecule has 7 nitrogen and oxygen atoms in total. The first-order valence-electron chi connectivity index (χ1n) is 8.11. The molecule has 2 aromatic carbocycles. The lowest BCUT2D eigenvalue weighted by atomic mass is 10.1. The highest BCUT2D eigenvalue weighted by molar-refractivity contribution is 5.94. The third kappa shape index (κ3) is 3.72. The van der Waals surface area contributed by atoms with Gasteiger partial charge < -0.3 is 24.6 Å². The van der Waals surface area contributed by atoms with Gasteiger partial charge in [-0.3, -0.25) is 4.79 Å². The maximum absolute atomic E-state index is 12.2. The number of phenols is 1. The molecule has 0 aromatic heterocycles. The van der Waals surface area contributed by atoms with Gasteiger partial charge in [0.1, 0.15) is 11.3 Å². The molecule has 0 saturated carbocycles. The molecule has 0 radical (unpaired) electrons. The normalized spacial score (nSPS) is 13.2. The van der Waals surface area contributed by atoms with E-state index in [0.717, 1.165) is 5.56 Å². The number of ether oxygens (including phenoxy) is 3. The van der Waals surface area contributed by atoms with E-state index in [1.54, 1.807) is 31.2 Å². The topological polar surface area (TPSA) is 94.1 Å². The quantitative estimate of drug-likeness (QED) is 0.798. The zero-order valence-electron chi connectivity index (χ0n) is 14.4. The molecule has 0 saturated heterocycles. The highest BCUT2D eigenvalue weighted by Gasteiger charge is 2.21. The molecule has 2 aromatic rings. The Balaban J connectivity index is 1.56. The molecule has 136 valence electrons. The van der Waals surface area contributed by atoms with Crippen LogP contribution in [0.1, 0.15) is 28.4 Å². The van der Waals surface area contributed by atoms with Gasteiger partial charge in [0.15, 0.2) is 17.6 Å². The fourth-order valence-electron chi connectivity index (χ4n) is 2.49. The Morgan fingerprint density at radius 1 is 1.23 bits per heavy atom. The number of phenolic OH excluding ortho intramolecular Hbond substituents is 1. The first-order valence-corrected chi connectivity index (χ1v) is 8.11. The van der Waals surface area contributed by atoms with E-state index in [1.807, 2.05) is 6.07 Å². The lowest BCUT2D eigenvalue weighted by Gasteiger charge is -2.14. The second-order valence-electron chi connectivity index (χ2n) is 5.92. The molecule has 7 heteroatoms. The van der Waals surface area contributed by atoms with Gasteiger partial charge >= 0.3 is 5.97 Å². The van der Waals surface area contributed by atoms with Crippen LogP contribution < -0.4 is 14.8 Å². The third-order valence-electron chi connectivity index (χ3n) is 4.01. The smallest absolute Gasteiger partial charge is 0.342 e. The summed E-state index contributed by atoms with van der Waals surface area (Å²) in [7, 11) is 0. The minimum absolute atomic E-state index is 0.0282. The molecular formula is C19H19NO6. The Morgan fingerprint density at radius 3 is 2.81 bits per heavy atom. The molecule has 3 rings (SSSR count). The van der Waals surface area contributed by atoms with Gasteiger partial charge in [-0.25, -0.2) is 4.79 Å². The van der Waals surface area contributed by atoms with Crippen molar-refractivity contribution in [3.05, 3.63) is 53.1 Å². The number of benzene rings is 2. The molecule has 0 spiro atoms. The molecule has 0 fully saturated rings. The van der Waals surface area contributed by atoms with Crippen LogP contribution in [0.2, 0.25) is 0 Å². The van der Waals surface area contributed by atoms with Crippen LogP contribution in [0.5, 0.6) is 17.2 Å². The molecule has 1 amide bonds. The van der Waals surface area contributed by atoms with Crippen molar-refractivity contribution in [2.45, 2.75) is 26.5 Å². The Morgan fingerprint density at radius 2 is 2.00 bits per heavy atom. The van der Waals surface area contributed by atoms with Gasteiger partial charge in [0, 0.05) is 6.54 Å². The van der Waals surface area contributed by atoms with Crippen molar-refractivity contribution in [3.63, 3.8) is 0 Å². The summed E-state index contributed by atoms with van der Waals surface area (Å²) in [4.78, 5) is 24.3. The number of aryl methyl sites for hydroxylation is 1. The Kier molecular flexibility index (Phi) is 4.97. The van der Waals surface area contributed by atoms with Crippen molar-refractivity contribution in [2.75, 3.05) is 6.79 Å². The lowest BCUT2D eigenvalue weighted by Crippen LogP contribution is -2.35. The minimum atomic E-state index is -1.00. The molecule has 0 unspecified atom stereocenters. The van der Waals surface area contributed by atoms with Crippen LogP contribution in [0, 0.1) is 6.92 Å². The lowest BCUT2D eigenvalue weighted by molar-refractivity contribution is -0.129. The Labute approximate surface area is 150 Å². The van der Waals surface area contributed by atoms with Crippen LogP contribution in [0.15, 0.2) is 36.4 Å². The number of aromatic hydroxyl groups is 1. The number of carbonyl (C=O) groups excluding carboxylic acids is 2. The SMILES string of the molecule is Cc1cccc(C(=O)O[C@@H](C)C(=O)NCc2ccc3c(c2)OCO3)c1O. The van der Waals surface area contributed by atoms with Crippen molar-refractivity contribution < 1.29 is 28.9 Å². The standard InChI is InChI=1S/C19H19NO6/c1-11-4-3-5-14(17(11)21)19(23)26-12(2)18(22)20-9-13-6-7-15-16(8-13)25-10-24-15/h3-8,12,21H,9-10H2,1-2H3,(H,20,22)/t12-/m0/s1. The second-order valence-corrected chi connectivity index (χ2v) is 5.92. The second kappa shape index (κ2) is 7.35. The van der Waals surface area contributed by atoms with Gasteiger partial charge in [-0.2, -0.15) is 0 Å². The number of esters is 1. The predicted octanol–water partition coefficient (Wildman–Crippen LogP) is 2.29. The maximum atomic E-state index is 12.2. The molecule has 26 heavy (non-hydrogen) atoms. The number of rotatable bonds is 5. The van der Waals surface area contributed by atoms with Crippen LogP contribution in [-0.2, 0) is 16.1 Å². The summed E-state index contributed by atoms with van der Waals surface area (Å²) in [6.07, 6.45) is -1.00. The van der Waals surface area contributed by atoms with Gasteiger partial charge in [0.2, 0.25) is 6.79 Å². The zero-order chi connectivity index (χ0) is 18.7. The van der Waals surface area contributed by atoms with Crippen LogP contribution in [0.3, 0.4) is 0 Å². The van der Waals surface area contributed by atoms with Crippen molar-refractivity contribution in [1.82, 2.24) is 5.32 Å². The summed E-state index contributed by atoms with van der Waals surface area (Å²) in [5.41, 5.74) is 1.41. The zero-order valence-corrected chi connectivity index (χ0v) is 14.4. The van der Waals surface area contributed by atoms with E-state index in [-0.39, 0.29) is 24.7 Å². The van der Waals surface area contributed by atoms with Gasteiger partial charge in [0.05, 0.1) is 0 Å². The van der Waals surface area contributed by atoms with Crippen LogP contribution >= 0.6 is 0 Å². The number of carbonyl (C=O) groups is 2. The van der Waals surface area contributed by atoms with Gasteiger partial charge in [-0.1, -0.05) is 18.2 Å². The van der Waals surface area contributed by atoms with Crippen molar-refractivity contribution in [1.29, 1.82) is 0 Å². The van der Waals surface area contributed by atoms with E-state index < -0.39 is 18.0 Å². The van der Waals surface area contributed by atoms with Crippen molar-refractivity contribution in [3.8, 4) is 17.2 Å². The molecule has 1 aliphatic heterocycles. The maximum Gasteiger partial charge on any atom is 0.342 e. The minimum Gasteiger partial charge on any atom is -0.507 e. The highest BCUT2D eigenvalue weighted by Crippen LogP contribution is 2.32. The molecular weight excluding hydrogens is 338 g/mol. The average Bonchev–Trinajstić information content (AvgIpc) is 3.09. The van der Waals surface area contributed by atoms with Crippen molar-refractivity contribution >= 4 is 11.9 Å². The van der Waals surface area contributed by atoms with E-state index in [0.29, 0.717) is 17.1 Å². The Hall–Kier alpha value is -3.22. The first kappa shape index (κ1) is 17.6. The van der Waals surface area contributed by atoms with E-state index >= 15 is 0 Å². The highest BCUT2D eigenvalue weighted by atomic mass is 16.7. The molecule has 1 heterocycles. The summed E-state index contributed by atoms with van der Waals surface area (Å²) in [5, 5.41) is 12.6. The largest absolute Gasteiger partial charge is 0.507 e. The number of para-hydroxylation sites is 1. The monoisotopic (exact) mass is 357 g/mol. The van der Waals surface area contributed by atoms with Crippen LogP contribution in [0.4, 0.5) is 0 Å². The van der Waals surface area contributed by atoms with Gasteiger partial charge in [-0.15, -0.1) is 0 Å². The van der Waals surface area contributed by atoms with E-state index in [4.69, 9.17) is 14.2 Å². The summed E-state index contributed by atoms with van der Waals surface area (Å²) in [6.45, 7) is 3.59. The fourth-order valence-corrected chi connectivity index (χ4v) is 2.49. The predicted molar refractivity (Wildman–Crippen MR) is 92.1 cm³/mol. The number of nitrogens with one attached hydrogen (secondary N) is 1. The number of amides is 1. The van der Waals surface area contributed by atoms with E-state index in [9.17, 15) is 14.7 Å². The first-order chi connectivity index (χ1) is 12.5.